The van der Waals surface area contributed by atoms with Gasteiger partial charge in [0.25, 0.3) is 0 Å². The molecular formula is C18H26N2O2. The molecule has 0 spiro atoms. The monoisotopic (exact) mass is 302 g/mol. The average molecular weight is 302 g/mol. The molecule has 0 unspecified atom stereocenters. The van der Waals surface area contributed by atoms with Crippen LogP contribution in [0.5, 0.6) is 5.75 Å². The molecule has 1 aliphatic heterocycles. The van der Waals surface area contributed by atoms with Gasteiger partial charge in [-0.2, -0.15) is 0 Å². The van der Waals surface area contributed by atoms with E-state index >= 15 is 0 Å². The van der Waals surface area contributed by atoms with E-state index < -0.39 is 0 Å². The van der Waals surface area contributed by atoms with Crippen LogP contribution in [0, 0.1) is 6.92 Å². The summed E-state index contributed by atoms with van der Waals surface area (Å²) in [7, 11) is 0. The molecule has 0 aromatic heterocycles. The Labute approximate surface area is 132 Å². The van der Waals surface area contributed by atoms with E-state index in [0.717, 1.165) is 48.6 Å². The third kappa shape index (κ3) is 4.36. The molecular weight excluding hydrogens is 276 g/mol. The predicted molar refractivity (Wildman–Crippen MR) is 92.5 cm³/mol. The summed E-state index contributed by atoms with van der Waals surface area (Å²) in [6.07, 6.45) is 4.93. The van der Waals surface area contributed by atoms with Gasteiger partial charge in [-0.3, -0.25) is 0 Å². The third-order valence-corrected chi connectivity index (χ3v) is 3.64. The van der Waals surface area contributed by atoms with Crippen molar-refractivity contribution >= 4 is 11.8 Å². The zero-order chi connectivity index (χ0) is 15.9. The van der Waals surface area contributed by atoms with Gasteiger partial charge in [-0.05, 0) is 38.4 Å². The maximum atomic E-state index is 8.81. The maximum Gasteiger partial charge on any atom is 0.150 e. The Bertz CT molecular complexity index is 552. The highest BCUT2D eigenvalue weighted by molar-refractivity contribution is 5.73. The molecule has 120 valence electrons. The van der Waals surface area contributed by atoms with Crippen molar-refractivity contribution in [2.75, 3.05) is 31.6 Å². The number of nitrogens with one attached hydrogen (secondary N) is 2. The second kappa shape index (κ2) is 8.01. The number of rotatable bonds is 7. The lowest BCUT2D eigenvalue weighted by molar-refractivity contribution is 0.199. The lowest BCUT2D eigenvalue weighted by Crippen LogP contribution is -2.40. The molecule has 0 saturated carbocycles. The van der Waals surface area contributed by atoms with Crippen molar-refractivity contribution < 1.29 is 9.84 Å². The predicted octanol–water partition coefficient (Wildman–Crippen LogP) is 2.73. The molecule has 1 aliphatic rings. The van der Waals surface area contributed by atoms with E-state index in [4.69, 9.17) is 9.84 Å². The first-order valence-electron chi connectivity index (χ1n) is 7.81. The van der Waals surface area contributed by atoms with Crippen LogP contribution in [0.2, 0.25) is 0 Å². The molecule has 1 aromatic carbocycles. The Hall–Kier alpha value is -1.78. The number of fused-ring (bicyclic) bond motifs is 1. The number of ether oxygens (including phenoxy) is 1. The van der Waals surface area contributed by atoms with Crippen LogP contribution in [0.25, 0.3) is 6.08 Å². The maximum absolute atomic E-state index is 8.81. The van der Waals surface area contributed by atoms with E-state index in [1.54, 1.807) is 0 Å². The zero-order valence-corrected chi connectivity index (χ0v) is 13.5. The SMILES string of the molecule is C=C(C)/C=C\c1c(C)ccc2c1O[C@@H](CNCCCO)CN2. The van der Waals surface area contributed by atoms with Gasteiger partial charge < -0.3 is 20.5 Å². The second-order valence-electron chi connectivity index (χ2n) is 5.75. The van der Waals surface area contributed by atoms with Crippen molar-refractivity contribution in [3.8, 4) is 5.75 Å². The highest BCUT2D eigenvalue weighted by Gasteiger charge is 2.21. The summed E-state index contributed by atoms with van der Waals surface area (Å²) in [5.74, 6) is 0.915. The summed E-state index contributed by atoms with van der Waals surface area (Å²) in [5, 5.41) is 15.6. The number of aryl methyl sites for hydroxylation is 1. The van der Waals surface area contributed by atoms with Crippen molar-refractivity contribution in [3.05, 3.63) is 41.5 Å². The first-order valence-corrected chi connectivity index (χ1v) is 7.81. The molecule has 1 aromatic rings. The first kappa shape index (κ1) is 16.6. The van der Waals surface area contributed by atoms with Crippen LogP contribution in [0.15, 0.2) is 30.4 Å². The van der Waals surface area contributed by atoms with E-state index in [1.807, 2.05) is 13.0 Å². The van der Waals surface area contributed by atoms with Gasteiger partial charge in [-0.25, -0.2) is 0 Å². The molecule has 0 bridgehead atoms. The fourth-order valence-electron chi connectivity index (χ4n) is 2.41. The third-order valence-electron chi connectivity index (χ3n) is 3.64. The number of allylic oxidation sites excluding steroid dienone is 2. The van der Waals surface area contributed by atoms with Crippen molar-refractivity contribution in [3.63, 3.8) is 0 Å². The Morgan fingerprint density at radius 1 is 1.55 bits per heavy atom. The molecule has 0 saturated heterocycles. The molecule has 0 amide bonds. The van der Waals surface area contributed by atoms with Gasteiger partial charge in [0, 0.05) is 18.7 Å². The molecule has 0 aliphatic carbocycles. The van der Waals surface area contributed by atoms with Crippen molar-refractivity contribution in [2.24, 2.45) is 0 Å². The lowest BCUT2D eigenvalue weighted by atomic mass is 10.0. The van der Waals surface area contributed by atoms with Gasteiger partial charge in [0.05, 0.1) is 12.2 Å². The Balaban J connectivity index is 2.11. The minimum Gasteiger partial charge on any atom is -0.484 e. The topological polar surface area (TPSA) is 53.5 Å². The minimum absolute atomic E-state index is 0.0879. The van der Waals surface area contributed by atoms with Gasteiger partial charge in [-0.15, -0.1) is 0 Å². The summed E-state index contributed by atoms with van der Waals surface area (Å²) in [6.45, 7) is 10.6. The average Bonchev–Trinajstić information content (AvgIpc) is 2.50. The standard InChI is InChI=1S/C18H26N2O2/c1-13(2)5-7-16-14(3)6-8-17-18(16)22-15(12-20-17)11-19-9-4-10-21/h5-8,15,19-21H,1,4,9-12H2,2-3H3/b7-5-/t15-/m0/s1. The van der Waals surface area contributed by atoms with Crippen LogP contribution in [0.3, 0.4) is 0 Å². The lowest BCUT2D eigenvalue weighted by Gasteiger charge is -2.29. The van der Waals surface area contributed by atoms with Crippen LogP contribution < -0.4 is 15.4 Å². The minimum atomic E-state index is 0.0879. The summed E-state index contributed by atoms with van der Waals surface area (Å²) in [5.41, 5.74) is 4.35. The van der Waals surface area contributed by atoms with E-state index in [1.165, 1.54) is 5.56 Å². The van der Waals surface area contributed by atoms with Gasteiger partial charge >= 0.3 is 0 Å². The quantitative estimate of drug-likeness (QED) is 0.535. The molecule has 1 heterocycles. The number of benzene rings is 1. The molecule has 22 heavy (non-hydrogen) atoms. The number of aliphatic hydroxyl groups is 1. The smallest absolute Gasteiger partial charge is 0.150 e. The fraction of sp³-hybridized carbons (Fsp3) is 0.444. The van der Waals surface area contributed by atoms with Crippen molar-refractivity contribution in [1.29, 1.82) is 0 Å². The zero-order valence-electron chi connectivity index (χ0n) is 13.5. The number of aliphatic hydroxyl groups excluding tert-OH is 1. The number of anilines is 1. The largest absolute Gasteiger partial charge is 0.484 e. The van der Waals surface area contributed by atoms with Crippen molar-refractivity contribution in [1.82, 2.24) is 5.32 Å². The van der Waals surface area contributed by atoms with Crippen molar-refractivity contribution in [2.45, 2.75) is 26.4 Å². The normalized spacial score (nSPS) is 17.0. The van der Waals surface area contributed by atoms with Gasteiger partial charge in [-0.1, -0.05) is 30.4 Å². The number of hydrogen-bond donors (Lipinski definition) is 3. The van der Waals surface area contributed by atoms with Crippen LogP contribution in [-0.2, 0) is 0 Å². The van der Waals surface area contributed by atoms with Gasteiger partial charge in [0.2, 0.25) is 0 Å². The number of hydrogen-bond acceptors (Lipinski definition) is 4. The molecule has 3 N–H and O–H groups in total. The first-order chi connectivity index (χ1) is 10.6. The van der Waals surface area contributed by atoms with Gasteiger partial charge in [0.1, 0.15) is 11.9 Å². The molecule has 2 rings (SSSR count). The van der Waals surface area contributed by atoms with E-state index in [0.29, 0.717) is 0 Å². The summed E-state index contributed by atoms with van der Waals surface area (Å²) in [4.78, 5) is 0. The molecule has 4 heteroatoms. The summed E-state index contributed by atoms with van der Waals surface area (Å²) < 4.78 is 6.19. The Kier molecular flexibility index (Phi) is 6.04. The highest BCUT2D eigenvalue weighted by Crippen LogP contribution is 2.36. The van der Waals surface area contributed by atoms with E-state index in [2.05, 4.69) is 42.3 Å². The van der Waals surface area contributed by atoms with Gasteiger partial charge in [0.15, 0.2) is 0 Å². The summed E-state index contributed by atoms with van der Waals surface area (Å²) >= 11 is 0. The molecule has 0 radical (unpaired) electrons. The molecule has 4 nitrogen and oxygen atoms in total. The highest BCUT2D eigenvalue weighted by atomic mass is 16.5. The van der Waals surface area contributed by atoms with Crippen LogP contribution in [0.4, 0.5) is 5.69 Å². The Morgan fingerprint density at radius 2 is 2.36 bits per heavy atom. The van der Waals surface area contributed by atoms with Crippen LogP contribution in [0.1, 0.15) is 24.5 Å². The van der Waals surface area contributed by atoms with Crippen LogP contribution >= 0.6 is 0 Å². The fourth-order valence-corrected chi connectivity index (χ4v) is 2.41. The van der Waals surface area contributed by atoms with E-state index in [9.17, 15) is 0 Å². The Morgan fingerprint density at radius 3 is 3.09 bits per heavy atom. The van der Waals surface area contributed by atoms with E-state index in [-0.39, 0.29) is 12.7 Å². The second-order valence-corrected chi connectivity index (χ2v) is 5.75. The molecule has 1 atom stereocenters. The van der Waals surface area contributed by atoms with Crippen LogP contribution in [-0.4, -0.2) is 37.5 Å². The summed E-state index contributed by atoms with van der Waals surface area (Å²) in [6, 6.07) is 4.17. The molecule has 0 fully saturated rings.